The summed E-state index contributed by atoms with van der Waals surface area (Å²) in [4.78, 5) is 25.7. The summed E-state index contributed by atoms with van der Waals surface area (Å²) in [6, 6.07) is 26.2. The molecule has 0 amide bonds. The van der Waals surface area contributed by atoms with Crippen LogP contribution in [0.25, 0.3) is 5.57 Å². The molecule has 2 heterocycles. The summed E-state index contributed by atoms with van der Waals surface area (Å²) in [5.41, 5.74) is 6.30. The van der Waals surface area contributed by atoms with Crippen LogP contribution in [0.15, 0.2) is 102 Å². The van der Waals surface area contributed by atoms with Gasteiger partial charge in [0.15, 0.2) is 5.78 Å². The summed E-state index contributed by atoms with van der Waals surface area (Å²) in [6.45, 7) is 6.73. The van der Waals surface area contributed by atoms with Crippen molar-refractivity contribution in [3.8, 4) is 0 Å². The fraction of sp³-hybridized carbons (Fsp3) is 0.278. The van der Waals surface area contributed by atoms with Crippen LogP contribution >= 0.6 is 11.6 Å². The van der Waals surface area contributed by atoms with E-state index in [4.69, 9.17) is 11.6 Å². The fourth-order valence-electron chi connectivity index (χ4n) is 5.57. The van der Waals surface area contributed by atoms with Crippen molar-refractivity contribution >= 4 is 28.6 Å². The molecule has 3 aromatic carbocycles. The molecule has 0 fully saturated rings. The van der Waals surface area contributed by atoms with E-state index < -0.39 is 6.10 Å². The third-order valence-electron chi connectivity index (χ3n) is 8.35. The molecule has 1 aliphatic rings. The minimum Gasteiger partial charge on any atom is -0.384 e. The van der Waals surface area contributed by atoms with E-state index in [0.717, 1.165) is 35.2 Å². The number of allylic oxidation sites excluding steroid dienone is 1. The van der Waals surface area contributed by atoms with E-state index in [-0.39, 0.29) is 29.2 Å². The number of ketones is 1. The predicted molar refractivity (Wildman–Crippen MR) is 171 cm³/mol. The molecule has 42 heavy (non-hydrogen) atoms. The Morgan fingerprint density at radius 2 is 1.76 bits per heavy atom. The van der Waals surface area contributed by atoms with Crippen molar-refractivity contribution < 1.29 is 9.90 Å². The van der Waals surface area contributed by atoms with Gasteiger partial charge in [0, 0.05) is 46.1 Å². The summed E-state index contributed by atoms with van der Waals surface area (Å²) < 4.78 is 1.64. The van der Waals surface area contributed by atoms with Gasteiger partial charge in [0.1, 0.15) is 6.10 Å². The lowest BCUT2D eigenvalue weighted by Crippen LogP contribution is -2.23. The number of aromatic nitrogens is 1. The molecular weight excluding hydrogens is 544 g/mol. The van der Waals surface area contributed by atoms with Gasteiger partial charge in [-0.2, -0.15) is 0 Å². The zero-order valence-corrected chi connectivity index (χ0v) is 25.0. The lowest BCUT2D eigenvalue weighted by molar-refractivity contribution is 0.0894. The Hall–Kier alpha value is -3.93. The second-order valence-corrected chi connectivity index (χ2v) is 11.7. The number of nitrogens with one attached hydrogen (secondary N) is 1. The van der Waals surface area contributed by atoms with Crippen LogP contribution in [-0.2, 0) is 6.54 Å². The number of hydrogen-bond donors (Lipinski definition) is 2. The standard InChI is InChI=1S/C36H37ClN2O3/c1-4-31-20-29(32-21-30(37)15-16-33(32)38-31)18-23(2)24(3)35(41)27-8-7-9-28(19-27)36(42)26-13-11-25(12-14-26)22-39-17-6-5-10-34(39)40/h5-17,19-21,23-24,31,36,38,42H,4,18,22H2,1-3H3. The highest BCUT2D eigenvalue weighted by molar-refractivity contribution is 6.30. The monoisotopic (exact) mass is 580 g/mol. The van der Waals surface area contributed by atoms with Gasteiger partial charge >= 0.3 is 0 Å². The largest absolute Gasteiger partial charge is 0.384 e. The molecule has 4 atom stereocenters. The van der Waals surface area contributed by atoms with Gasteiger partial charge in [0.2, 0.25) is 0 Å². The molecular formula is C36H37ClN2O3. The van der Waals surface area contributed by atoms with Crippen LogP contribution in [0.4, 0.5) is 5.69 Å². The van der Waals surface area contributed by atoms with Gasteiger partial charge in [0.25, 0.3) is 5.56 Å². The normalized spacial score (nSPS) is 16.5. The van der Waals surface area contributed by atoms with Gasteiger partial charge < -0.3 is 15.0 Å². The molecule has 0 saturated heterocycles. The van der Waals surface area contributed by atoms with Gasteiger partial charge in [-0.25, -0.2) is 0 Å². The van der Waals surface area contributed by atoms with Crippen LogP contribution < -0.4 is 10.9 Å². The summed E-state index contributed by atoms with van der Waals surface area (Å²) in [6.07, 6.45) is 4.90. The maximum Gasteiger partial charge on any atom is 0.250 e. The summed E-state index contributed by atoms with van der Waals surface area (Å²) >= 11 is 6.33. The fourth-order valence-corrected chi connectivity index (χ4v) is 5.74. The SMILES string of the molecule is CCC1C=C(CC(C)C(C)C(=O)c2cccc(C(O)c3ccc(Cn4ccccc4=O)cc3)c2)c2cc(Cl)ccc2N1. The van der Waals surface area contributed by atoms with Gasteiger partial charge in [-0.3, -0.25) is 9.59 Å². The number of pyridine rings is 1. The van der Waals surface area contributed by atoms with Crippen molar-refractivity contribution in [3.05, 3.63) is 140 Å². The van der Waals surface area contributed by atoms with Crippen LogP contribution in [0.5, 0.6) is 0 Å². The average Bonchev–Trinajstić information content (AvgIpc) is 3.01. The molecule has 216 valence electrons. The molecule has 5 rings (SSSR count). The van der Waals surface area contributed by atoms with Crippen molar-refractivity contribution in [2.24, 2.45) is 11.8 Å². The summed E-state index contributed by atoms with van der Waals surface area (Å²) in [7, 11) is 0. The van der Waals surface area contributed by atoms with Gasteiger partial charge in [0.05, 0.1) is 6.54 Å². The molecule has 0 saturated carbocycles. The Labute approximate surface area is 252 Å². The van der Waals surface area contributed by atoms with Gasteiger partial charge in [-0.1, -0.05) is 87.0 Å². The highest BCUT2D eigenvalue weighted by Crippen LogP contribution is 2.38. The maximum atomic E-state index is 13.6. The predicted octanol–water partition coefficient (Wildman–Crippen LogP) is 7.76. The number of aliphatic hydroxyl groups excluding tert-OH is 1. The van der Waals surface area contributed by atoms with Crippen molar-refractivity contribution in [3.63, 3.8) is 0 Å². The van der Waals surface area contributed by atoms with Crippen molar-refractivity contribution in [2.75, 3.05) is 5.32 Å². The number of fused-ring (bicyclic) bond motifs is 1. The van der Waals surface area contributed by atoms with E-state index >= 15 is 0 Å². The number of carbonyl (C=O) groups excluding carboxylic acids is 1. The number of benzene rings is 3. The number of halogens is 1. The van der Waals surface area contributed by atoms with Crippen molar-refractivity contribution in [2.45, 2.75) is 52.3 Å². The van der Waals surface area contributed by atoms with E-state index in [1.54, 1.807) is 22.9 Å². The van der Waals surface area contributed by atoms with E-state index in [0.29, 0.717) is 22.7 Å². The summed E-state index contributed by atoms with van der Waals surface area (Å²) in [5.74, 6) is -0.0471. The van der Waals surface area contributed by atoms with Crippen LogP contribution in [0.3, 0.4) is 0 Å². The zero-order valence-electron chi connectivity index (χ0n) is 24.3. The lowest BCUT2D eigenvalue weighted by atomic mass is 9.81. The number of aliphatic hydroxyl groups is 1. The quantitative estimate of drug-likeness (QED) is 0.188. The second kappa shape index (κ2) is 12.9. The van der Waals surface area contributed by atoms with Gasteiger partial charge in [-0.15, -0.1) is 0 Å². The van der Waals surface area contributed by atoms with E-state index in [2.05, 4.69) is 25.2 Å². The first kappa shape index (κ1) is 29.6. The number of rotatable bonds is 10. The van der Waals surface area contributed by atoms with E-state index in [1.807, 2.05) is 73.7 Å². The average molecular weight is 581 g/mol. The molecule has 2 N–H and O–H groups in total. The highest BCUT2D eigenvalue weighted by Gasteiger charge is 2.26. The molecule has 4 aromatic rings. The first-order valence-corrected chi connectivity index (χ1v) is 14.9. The molecule has 0 bridgehead atoms. The lowest BCUT2D eigenvalue weighted by Gasteiger charge is -2.28. The molecule has 0 radical (unpaired) electrons. The topological polar surface area (TPSA) is 71.3 Å². The van der Waals surface area contributed by atoms with Crippen LogP contribution in [0.1, 0.15) is 72.3 Å². The minimum atomic E-state index is -0.869. The first-order valence-electron chi connectivity index (χ1n) is 14.6. The van der Waals surface area contributed by atoms with Crippen molar-refractivity contribution in [1.82, 2.24) is 4.57 Å². The minimum absolute atomic E-state index is 0.0570. The third-order valence-corrected chi connectivity index (χ3v) is 8.59. The van der Waals surface area contributed by atoms with Crippen LogP contribution in [0.2, 0.25) is 5.02 Å². The Bertz CT molecular complexity index is 1660. The Kier molecular flexibility index (Phi) is 9.10. The molecule has 1 aromatic heterocycles. The zero-order chi connectivity index (χ0) is 29.8. The number of nitrogens with zero attached hydrogens (tertiary/aromatic N) is 1. The molecule has 0 spiro atoms. The number of anilines is 1. The molecule has 4 unspecified atom stereocenters. The number of Topliss-reactive ketones (excluding diaryl/α,β-unsaturated/α-hetero) is 1. The smallest absolute Gasteiger partial charge is 0.250 e. The number of carbonyl (C=O) groups is 1. The van der Waals surface area contributed by atoms with Crippen molar-refractivity contribution in [1.29, 1.82) is 0 Å². The molecule has 0 aliphatic carbocycles. The molecule has 1 aliphatic heterocycles. The van der Waals surface area contributed by atoms with Crippen LogP contribution in [0, 0.1) is 11.8 Å². The van der Waals surface area contributed by atoms with Gasteiger partial charge in [-0.05, 0) is 71.4 Å². The Morgan fingerprint density at radius 1 is 0.976 bits per heavy atom. The molecule has 6 heteroatoms. The van der Waals surface area contributed by atoms with Crippen LogP contribution in [-0.4, -0.2) is 21.5 Å². The third kappa shape index (κ3) is 6.59. The van der Waals surface area contributed by atoms with E-state index in [9.17, 15) is 14.7 Å². The number of hydrogen-bond acceptors (Lipinski definition) is 4. The Balaban J connectivity index is 1.28. The first-order chi connectivity index (χ1) is 20.2. The highest BCUT2D eigenvalue weighted by atomic mass is 35.5. The maximum absolute atomic E-state index is 13.6. The summed E-state index contributed by atoms with van der Waals surface area (Å²) in [5, 5.41) is 15.4. The molecule has 5 nitrogen and oxygen atoms in total. The second-order valence-electron chi connectivity index (χ2n) is 11.3. The van der Waals surface area contributed by atoms with E-state index in [1.165, 1.54) is 11.6 Å². The Morgan fingerprint density at radius 3 is 2.50 bits per heavy atom.